The van der Waals surface area contributed by atoms with Gasteiger partial charge in [0.05, 0.1) is 0 Å². The Morgan fingerprint density at radius 1 is 1.13 bits per heavy atom. The highest BCUT2D eigenvalue weighted by Crippen LogP contribution is 2.32. The van der Waals surface area contributed by atoms with Crippen LogP contribution in [0.25, 0.3) is 0 Å². The van der Waals surface area contributed by atoms with E-state index in [9.17, 15) is 14.4 Å². The number of imide groups is 1. The van der Waals surface area contributed by atoms with Gasteiger partial charge in [0.1, 0.15) is 12.1 Å². The lowest BCUT2D eigenvalue weighted by Crippen LogP contribution is -2.42. The number of urea groups is 1. The van der Waals surface area contributed by atoms with Gasteiger partial charge in [0.15, 0.2) is 0 Å². The number of aryl methyl sites for hydroxylation is 2. The summed E-state index contributed by atoms with van der Waals surface area (Å²) in [5.41, 5.74) is 3.84. The van der Waals surface area contributed by atoms with Crippen molar-refractivity contribution < 1.29 is 14.4 Å². The number of carbonyl (C=O) groups excluding carboxylic acids is 3. The van der Waals surface area contributed by atoms with Crippen LogP contribution in [0.15, 0.2) is 42.5 Å². The lowest BCUT2D eigenvalue weighted by atomic mass is 9.89. The van der Waals surface area contributed by atoms with Gasteiger partial charge in [-0.1, -0.05) is 50.2 Å². The average molecular weight is 405 g/mol. The monoisotopic (exact) mass is 405 g/mol. The minimum Gasteiger partial charge on any atom is -0.324 e. The first-order valence-electron chi connectivity index (χ1n) is 10.4. The zero-order valence-electron chi connectivity index (χ0n) is 17.6. The third kappa shape index (κ3) is 3.47. The van der Waals surface area contributed by atoms with Crippen molar-refractivity contribution in [1.82, 2.24) is 10.2 Å². The van der Waals surface area contributed by atoms with E-state index in [1.54, 1.807) is 6.92 Å². The normalized spacial score (nSPS) is 20.5. The van der Waals surface area contributed by atoms with Gasteiger partial charge in [-0.05, 0) is 60.4 Å². The number of rotatable bonds is 5. The molecule has 1 heterocycles. The molecule has 6 nitrogen and oxygen atoms in total. The molecule has 4 rings (SSSR count). The van der Waals surface area contributed by atoms with E-state index in [0.29, 0.717) is 5.69 Å². The summed E-state index contributed by atoms with van der Waals surface area (Å²) in [6.07, 6.45) is 3.15. The SMILES string of the molecule is CC(C)c1ccccc1NC(=O)CN1C(=O)N[C@@](C)(c2ccc3c(c2)CCC3)C1=O. The fourth-order valence-corrected chi connectivity index (χ4v) is 4.37. The van der Waals surface area contributed by atoms with Gasteiger partial charge in [0.25, 0.3) is 5.91 Å². The Bertz CT molecular complexity index is 1030. The van der Waals surface area contributed by atoms with Gasteiger partial charge in [0.2, 0.25) is 5.91 Å². The molecule has 0 bridgehead atoms. The van der Waals surface area contributed by atoms with Gasteiger partial charge in [-0.3, -0.25) is 14.5 Å². The largest absolute Gasteiger partial charge is 0.325 e. The highest BCUT2D eigenvalue weighted by Gasteiger charge is 2.49. The predicted molar refractivity (Wildman–Crippen MR) is 115 cm³/mol. The van der Waals surface area contributed by atoms with Crippen LogP contribution in [0.1, 0.15) is 55.4 Å². The second kappa shape index (κ2) is 7.59. The molecule has 0 saturated carbocycles. The molecule has 1 fully saturated rings. The van der Waals surface area contributed by atoms with Gasteiger partial charge in [-0.15, -0.1) is 0 Å². The summed E-state index contributed by atoms with van der Waals surface area (Å²) in [5.74, 6) is -0.566. The minimum absolute atomic E-state index is 0.237. The summed E-state index contributed by atoms with van der Waals surface area (Å²) in [6.45, 7) is 5.47. The molecular weight excluding hydrogens is 378 g/mol. The van der Waals surface area contributed by atoms with Crippen molar-refractivity contribution in [1.29, 1.82) is 0 Å². The maximum absolute atomic E-state index is 13.2. The minimum atomic E-state index is -1.16. The molecular formula is C24H27N3O3. The van der Waals surface area contributed by atoms with Crippen molar-refractivity contribution >= 4 is 23.5 Å². The molecule has 1 aliphatic heterocycles. The van der Waals surface area contributed by atoms with Crippen molar-refractivity contribution in [2.45, 2.75) is 51.5 Å². The summed E-state index contributed by atoms with van der Waals surface area (Å²) in [4.78, 5) is 39.4. The van der Waals surface area contributed by atoms with E-state index in [4.69, 9.17) is 0 Å². The number of para-hydroxylation sites is 1. The number of anilines is 1. The van der Waals surface area contributed by atoms with Crippen molar-refractivity contribution in [3.63, 3.8) is 0 Å². The number of nitrogens with one attached hydrogen (secondary N) is 2. The molecule has 0 aromatic heterocycles. The summed E-state index contributed by atoms with van der Waals surface area (Å²) in [6, 6.07) is 13.0. The van der Waals surface area contributed by atoms with Gasteiger partial charge >= 0.3 is 6.03 Å². The number of fused-ring (bicyclic) bond motifs is 1. The average Bonchev–Trinajstić information content (AvgIpc) is 3.26. The molecule has 1 atom stereocenters. The van der Waals surface area contributed by atoms with E-state index in [1.165, 1.54) is 11.1 Å². The third-order valence-corrected chi connectivity index (χ3v) is 6.11. The van der Waals surface area contributed by atoms with Gasteiger partial charge in [-0.2, -0.15) is 0 Å². The quantitative estimate of drug-likeness (QED) is 0.745. The van der Waals surface area contributed by atoms with E-state index in [1.807, 2.05) is 56.3 Å². The van der Waals surface area contributed by atoms with Crippen LogP contribution in [0.4, 0.5) is 10.5 Å². The Morgan fingerprint density at radius 3 is 2.63 bits per heavy atom. The summed E-state index contributed by atoms with van der Waals surface area (Å²) in [5, 5.41) is 5.64. The van der Waals surface area contributed by atoms with Crippen LogP contribution in [0, 0.1) is 0 Å². The standard InChI is InChI=1S/C24H27N3O3/c1-15(2)19-9-4-5-10-20(19)25-21(28)14-27-22(29)24(3,26-23(27)30)18-12-11-16-7-6-8-17(16)13-18/h4-5,9-13,15H,6-8,14H2,1-3H3,(H,25,28)(H,26,30)/t24-/m0/s1. The zero-order chi connectivity index (χ0) is 21.5. The van der Waals surface area contributed by atoms with Crippen LogP contribution in [0.3, 0.4) is 0 Å². The van der Waals surface area contributed by atoms with E-state index < -0.39 is 23.4 Å². The predicted octanol–water partition coefficient (Wildman–Crippen LogP) is 3.70. The number of amides is 4. The molecule has 2 aromatic carbocycles. The van der Waals surface area contributed by atoms with Crippen LogP contribution >= 0.6 is 0 Å². The summed E-state index contributed by atoms with van der Waals surface area (Å²) in [7, 11) is 0. The van der Waals surface area contributed by atoms with Crippen molar-refractivity contribution in [2.75, 3.05) is 11.9 Å². The topological polar surface area (TPSA) is 78.5 Å². The Morgan fingerprint density at radius 2 is 1.87 bits per heavy atom. The number of carbonyl (C=O) groups is 3. The number of nitrogens with zero attached hydrogens (tertiary/aromatic N) is 1. The Balaban J connectivity index is 1.51. The van der Waals surface area contributed by atoms with Gasteiger partial charge in [0, 0.05) is 5.69 Å². The highest BCUT2D eigenvalue weighted by atomic mass is 16.2. The van der Waals surface area contributed by atoms with E-state index in [0.717, 1.165) is 35.3 Å². The van der Waals surface area contributed by atoms with Crippen LogP contribution in [-0.2, 0) is 28.0 Å². The lowest BCUT2D eigenvalue weighted by molar-refractivity contribution is -0.133. The molecule has 2 N–H and O–H groups in total. The van der Waals surface area contributed by atoms with E-state index in [2.05, 4.69) is 10.6 Å². The highest BCUT2D eigenvalue weighted by molar-refractivity contribution is 6.10. The van der Waals surface area contributed by atoms with Crippen LogP contribution in [-0.4, -0.2) is 29.3 Å². The van der Waals surface area contributed by atoms with Crippen LogP contribution < -0.4 is 10.6 Å². The Hall–Kier alpha value is -3.15. The molecule has 0 spiro atoms. The first-order valence-corrected chi connectivity index (χ1v) is 10.4. The second-order valence-electron chi connectivity index (χ2n) is 8.57. The molecule has 156 valence electrons. The molecule has 0 unspecified atom stereocenters. The first-order chi connectivity index (χ1) is 14.3. The number of hydrogen-bond acceptors (Lipinski definition) is 3. The van der Waals surface area contributed by atoms with Crippen LogP contribution in [0.5, 0.6) is 0 Å². The molecule has 1 saturated heterocycles. The smallest absolute Gasteiger partial charge is 0.324 e. The molecule has 0 radical (unpaired) electrons. The number of benzene rings is 2. The number of hydrogen-bond donors (Lipinski definition) is 2. The summed E-state index contributed by atoms with van der Waals surface area (Å²) >= 11 is 0. The molecule has 30 heavy (non-hydrogen) atoms. The Kier molecular flexibility index (Phi) is 5.10. The first kappa shape index (κ1) is 20.1. The fourth-order valence-electron chi connectivity index (χ4n) is 4.37. The molecule has 2 aromatic rings. The van der Waals surface area contributed by atoms with E-state index in [-0.39, 0.29) is 12.5 Å². The maximum Gasteiger partial charge on any atom is 0.325 e. The van der Waals surface area contributed by atoms with E-state index >= 15 is 0 Å². The lowest BCUT2D eigenvalue weighted by Gasteiger charge is -2.23. The Labute approximate surface area is 176 Å². The van der Waals surface area contributed by atoms with Crippen molar-refractivity contribution in [2.24, 2.45) is 0 Å². The van der Waals surface area contributed by atoms with Gasteiger partial charge < -0.3 is 10.6 Å². The fraction of sp³-hybridized carbons (Fsp3) is 0.375. The molecule has 4 amide bonds. The third-order valence-electron chi connectivity index (χ3n) is 6.11. The maximum atomic E-state index is 13.2. The van der Waals surface area contributed by atoms with Crippen LogP contribution in [0.2, 0.25) is 0 Å². The second-order valence-corrected chi connectivity index (χ2v) is 8.57. The molecule has 1 aliphatic carbocycles. The molecule has 2 aliphatic rings. The van der Waals surface area contributed by atoms with Gasteiger partial charge in [-0.25, -0.2) is 4.79 Å². The zero-order valence-corrected chi connectivity index (χ0v) is 17.6. The van der Waals surface area contributed by atoms with Crippen molar-refractivity contribution in [3.8, 4) is 0 Å². The molecule has 6 heteroatoms. The van der Waals surface area contributed by atoms with Crippen molar-refractivity contribution in [3.05, 3.63) is 64.7 Å². The summed E-state index contributed by atoms with van der Waals surface area (Å²) < 4.78 is 0.